The summed E-state index contributed by atoms with van der Waals surface area (Å²) in [7, 11) is 0. The summed E-state index contributed by atoms with van der Waals surface area (Å²) in [5, 5.41) is 4.33. The number of carbonyl (C=O) groups excluding carboxylic acids is 1. The van der Waals surface area contributed by atoms with Crippen LogP contribution in [0.5, 0.6) is 0 Å². The summed E-state index contributed by atoms with van der Waals surface area (Å²) < 4.78 is 0. The van der Waals surface area contributed by atoms with Crippen molar-refractivity contribution in [3.63, 3.8) is 0 Å². The van der Waals surface area contributed by atoms with Gasteiger partial charge in [0, 0.05) is 26.2 Å². The summed E-state index contributed by atoms with van der Waals surface area (Å²) in [6.45, 7) is 6.57. The average Bonchev–Trinajstić information content (AvgIpc) is 3.28. The molecule has 0 spiro atoms. The minimum atomic E-state index is 0.0318. The predicted molar refractivity (Wildman–Crippen MR) is 127 cm³/mol. The molecule has 1 unspecified atom stereocenters. The van der Waals surface area contributed by atoms with Gasteiger partial charge in [-0.3, -0.25) is 14.6 Å². The Morgan fingerprint density at radius 2 is 1.58 bits per heavy atom. The minimum Gasteiger partial charge on any atom is -0.352 e. The molecule has 0 aromatic heterocycles. The normalized spacial score (nSPS) is 20.1. The van der Waals surface area contributed by atoms with E-state index in [1.807, 2.05) is 18.2 Å². The number of hydrogen-bond acceptors (Lipinski definition) is 3. The first kappa shape index (κ1) is 22.6. The van der Waals surface area contributed by atoms with Crippen LogP contribution in [0.1, 0.15) is 42.4 Å². The Hall–Kier alpha value is -1.59. The fourth-order valence-corrected chi connectivity index (χ4v) is 5.00. The van der Waals surface area contributed by atoms with Crippen molar-refractivity contribution in [2.24, 2.45) is 5.92 Å². The van der Waals surface area contributed by atoms with E-state index in [1.54, 1.807) is 0 Å². The molecule has 31 heavy (non-hydrogen) atoms. The van der Waals surface area contributed by atoms with Crippen molar-refractivity contribution in [3.8, 4) is 0 Å². The summed E-state index contributed by atoms with van der Waals surface area (Å²) in [6, 6.07) is 14.4. The fourth-order valence-electron chi connectivity index (χ4n) is 4.68. The summed E-state index contributed by atoms with van der Waals surface area (Å²) in [5.41, 5.74) is 3.64. The van der Waals surface area contributed by atoms with Crippen molar-refractivity contribution in [1.82, 2.24) is 15.1 Å². The molecule has 2 aromatic rings. The third-order valence-corrected chi connectivity index (χ3v) is 7.07. The Bertz CT molecular complexity index is 898. The van der Waals surface area contributed by atoms with Crippen LogP contribution in [0.2, 0.25) is 10.0 Å². The van der Waals surface area contributed by atoms with Gasteiger partial charge in [0.2, 0.25) is 5.91 Å². The maximum atomic E-state index is 12.8. The van der Waals surface area contributed by atoms with E-state index in [0.717, 1.165) is 44.6 Å². The molecule has 4 rings (SSSR count). The molecule has 2 fully saturated rings. The SMILES string of the molecule is O=C(NCc1cccc(CN2CCCC2)c1)C1CCCN(Cc2ccc(Cl)c(Cl)c2)C1. The smallest absolute Gasteiger partial charge is 0.224 e. The summed E-state index contributed by atoms with van der Waals surface area (Å²) in [4.78, 5) is 17.7. The molecule has 0 saturated carbocycles. The van der Waals surface area contributed by atoms with Crippen molar-refractivity contribution in [2.75, 3.05) is 26.2 Å². The average molecular weight is 460 g/mol. The molecule has 1 N–H and O–H groups in total. The highest BCUT2D eigenvalue weighted by Gasteiger charge is 2.25. The molecule has 0 aliphatic carbocycles. The van der Waals surface area contributed by atoms with E-state index in [2.05, 4.69) is 39.4 Å². The van der Waals surface area contributed by atoms with E-state index in [1.165, 1.54) is 37.1 Å². The van der Waals surface area contributed by atoms with Crippen molar-refractivity contribution in [2.45, 2.75) is 45.3 Å². The number of hydrogen-bond donors (Lipinski definition) is 1. The third kappa shape index (κ3) is 6.45. The van der Waals surface area contributed by atoms with Gasteiger partial charge in [-0.05, 0) is 74.1 Å². The van der Waals surface area contributed by atoms with Crippen LogP contribution in [-0.4, -0.2) is 41.9 Å². The van der Waals surface area contributed by atoms with Gasteiger partial charge in [0.05, 0.1) is 16.0 Å². The second-order valence-electron chi connectivity index (χ2n) is 8.84. The molecule has 2 aromatic carbocycles. The topological polar surface area (TPSA) is 35.6 Å². The van der Waals surface area contributed by atoms with Gasteiger partial charge in [0.15, 0.2) is 0 Å². The van der Waals surface area contributed by atoms with Crippen LogP contribution in [0.15, 0.2) is 42.5 Å². The van der Waals surface area contributed by atoms with Gasteiger partial charge in [-0.2, -0.15) is 0 Å². The summed E-state index contributed by atoms with van der Waals surface area (Å²) >= 11 is 12.2. The Balaban J connectivity index is 1.27. The standard InChI is InChI=1S/C25H31Cl2N3O/c26-23-9-8-21(14-24(23)27)17-30-12-4-7-22(18-30)25(31)28-15-19-5-3-6-20(13-19)16-29-10-1-2-11-29/h3,5-6,8-9,13-14,22H,1-2,4,7,10-12,15-18H2,(H,28,31). The Morgan fingerprint density at radius 1 is 0.871 bits per heavy atom. The molecule has 2 aliphatic heterocycles. The molecular formula is C25H31Cl2N3O. The number of amides is 1. The molecule has 0 bridgehead atoms. The largest absolute Gasteiger partial charge is 0.352 e. The number of halogens is 2. The van der Waals surface area contributed by atoms with Crippen LogP contribution >= 0.6 is 23.2 Å². The molecule has 1 atom stereocenters. The number of piperidine rings is 1. The molecule has 2 saturated heterocycles. The van der Waals surface area contributed by atoms with Crippen LogP contribution in [0.3, 0.4) is 0 Å². The maximum Gasteiger partial charge on any atom is 0.224 e. The third-order valence-electron chi connectivity index (χ3n) is 6.33. The summed E-state index contributed by atoms with van der Waals surface area (Å²) in [6.07, 6.45) is 4.59. The van der Waals surface area contributed by atoms with Gasteiger partial charge < -0.3 is 5.32 Å². The van der Waals surface area contributed by atoms with E-state index in [0.29, 0.717) is 16.6 Å². The quantitative estimate of drug-likeness (QED) is 0.623. The lowest BCUT2D eigenvalue weighted by Crippen LogP contribution is -2.42. The minimum absolute atomic E-state index is 0.0318. The van der Waals surface area contributed by atoms with E-state index in [-0.39, 0.29) is 11.8 Å². The monoisotopic (exact) mass is 459 g/mol. The van der Waals surface area contributed by atoms with Crippen molar-refractivity contribution >= 4 is 29.1 Å². The maximum absolute atomic E-state index is 12.8. The first-order chi connectivity index (χ1) is 15.1. The molecule has 4 nitrogen and oxygen atoms in total. The second-order valence-corrected chi connectivity index (χ2v) is 9.66. The zero-order valence-electron chi connectivity index (χ0n) is 18.0. The van der Waals surface area contributed by atoms with Crippen LogP contribution in [-0.2, 0) is 24.4 Å². The van der Waals surface area contributed by atoms with Crippen LogP contribution < -0.4 is 5.32 Å². The number of nitrogens with one attached hydrogen (secondary N) is 1. The lowest BCUT2D eigenvalue weighted by atomic mass is 9.96. The van der Waals surface area contributed by atoms with Gasteiger partial charge in [0.25, 0.3) is 0 Å². The van der Waals surface area contributed by atoms with Gasteiger partial charge in [-0.25, -0.2) is 0 Å². The van der Waals surface area contributed by atoms with E-state index in [4.69, 9.17) is 23.2 Å². The Labute approximate surface area is 195 Å². The van der Waals surface area contributed by atoms with Crippen LogP contribution in [0.25, 0.3) is 0 Å². The van der Waals surface area contributed by atoms with Gasteiger partial charge in [-0.1, -0.05) is 53.5 Å². The number of nitrogens with zero attached hydrogens (tertiary/aromatic N) is 2. The summed E-state index contributed by atoms with van der Waals surface area (Å²) in [5.74, 6) is 0.188. The van der Waals surface area contributed by atoms with Crippen molar-refractivity contribution in [3.05, 3.63) is 69.2 Å². The zero-order chi connectivity index (χ0) is 21.6. The zero-order valence-corrected chi connectivity index (χ0v) is 19.5. The molecule has 0 radical (unpaired) electrons. The fraction of sp³-hybridized carbons (Fsp3) is 0.480. The first-order valence-electron chi connectivity index (χ1n) is 11.3. The lowest BCUT2D eigenvalue weighted by molar-refractivity contribution is -0.126. The number of likely N-dealkylation sites (tertiary alicyclic amines) is 2. The highest BCUT2D eigenvalue weighted by molar-refractivity contribution is 6.42. The van der Waals surface area contributed by atoms with Gasteiger partial charge in [-0.15, -0.1) is 0 Å². The van der Waals surface area contributed by atoms with E-state index >= 15 is 0 Å². The molecule has 2 heterocycles. The predicted octanol–water partition coefficient (Wildman–Crippen LogP) is 5.12. The second kappa shape index (κ2) is 10.8. The lowest BCUT2D eigenvalue weighted by Gasteiger charge is -2.32. The first-order valence-corrected chi connectivity index (χ1v) is 12.1. The highest BCUT2D eigenvalue weighted by atomic mass is 35.5. The van der Waals surface area contributed by atoms with E-state index < -0.39 is 0 Å². The van der Waals surface area contributed by atoms with Crippen molar-refractivity contribution in [1.29, 1.82) is 0 Å². The van der Waals surface area contributed by atoms with Crippen LogP contribution in [0, 0.1) is 5.92 Å². The molecule has 6 heteroatoms. The highest BCUT2D eigenvalue weighted by Crippen LogP contribution is 2.25. The Kier molecular flexibility index (Phi) is 7.89. The molecule has 166 valence electrons. The van der Waals surface area contributed by atoms with Gasteiger partial charge >= 0.3 is 0 Å². The van der Waals surface area contributed by atoms with Crippen molar-refractivity contribution < 1.29 is 4.79 Å². The number of rotatable bonds is 7. The number of benzene rings is 2. The molecule has 2 aliphatic rings. The van der Waals surface area contributed by atoms with Crippen LogP contribution in [0.4, 0.5) is 0 Å². The van der Waals surface area contributed by atoms with Gasteiger partial charge in [0.1, 0.15) is 0 Å². The molecular weight excluding hydrogens is 429 g/mol. The van der Waals surface area contributed by atoms with E-state index in [9.17, 15) is 4.79 Å². The number of carbonyl (C=O) groups is 1. The Morgan fingerprint density at radius 3 is 2.39 bits per heavy atom. The molecule has 1 amide bonds.